The van der Waals surface area contributed by atoms with Crippen LogP contribution < -0.4 is 14.8 Å². The van der Waals surface area contributed by atoms with E-state index in [0.717, 1.165) is 23.0 Å². The van der Waals surface area contributed by atoms with Gasteiger partial charge in [-0.05, 0) is 38.1 Å². The molecule has 0 saturated carbocycles. The number of aromatic nitrogens is 5. The average molecular weight is 488 g/mol. The largest absolute Gasteiger partial charge is 0.493 e. The number of hydrogen-bond donors (Lipinski definition) is 1. The molecule has 0 bridgehead atoms. The van der Waals surface area contributed by atoms with Crippen LogP contribution in [0, 0.1) is 13.8 Å². The van der Waals surface area contributed by atoms with Crippen molar-refractivity contribution in [2.45, 2.75) is 26.6 Å². The van der Waals surface area contributed by atoms with Gasteiger partial charge in [0.15, 0.2) is 28.5 Å². The molecule has 3 heterocycles. The number of methoxy groups -OCH3 is 2. The second-order valence-electron chi connectivity index (χ2n) is 7.85. The van der Waals surface area contributed by atoms with Gasteiger partial charge in [0, 0.05) is 36.5 Å². The van der Waals surface area contributed by atoms with E-state index < -0.39 is 17.8 Å². The number of hydrogen-bond acceptors (Lipinski definition) is 6. The highest BCUT2D eigenvalue weighted by atomic mass is 19.4. The fourth-order valence-electron chi connectivity index (χ4n) is 3.76. The lowest BCUT2D eigenvalue weighted by Crippen LogP contribution is -2.24. The molecule has 0 atom stereocenters. The number of benzene rings is 1. The Morgan fingerprint density at radius 1 is 1.06 bits per heavy atom. The maximum absolute atomic E-state index is 13.9. The van der Waals surface area contributed by atoms with Crippen LogP contribution in [0.5, 0.6) is 11.5 Å². The Labute approximate surface area is 198 Å². The van der Waals surface area contributed by atoms with Gasteiger partial charge in [-0.3, -0.25) is 9.48 Å². The molecule has 0 aliphatic heterocycles. The topological polar surface area (TPSA) is 95.6 Å². The van der Waals surface area contributed by atoms with E-state index in [4.69, 9.17) is 9.47 Å². The van der Waals surface area contributed by atoms with Crippen LogP contribution in [0.4, 0.5) is 13.2 Å². The van der Waals surface area contributed by atoms with Crippen LogP contribution in [0.3, 0.4) is 0 Å². The predicted molar refractivity (Wildman–Crippen MR) is 120 cm³/mol. The molecule has 0 aliphatic carbocycles. The Hall–Kier alpha value is -4.09. The molecular formula is C23H23F3N6O3. The first kappa shape index (κ1) is 24.0. The summed E-state index contributed by atoms with van der Waals surface area (Å²) in [6.45, 7) is 3.84. The minimum atomic E-state index is -4.74. The van der Waals surface area contributed by atoms with Gasteiger partial charge in [-0.15, -0.1) is 0 Å². The predicted octanol–water partition coefficient (Wildman–Crippen LogP) is 3.71. The summed E-state index contributed by atoms with van der Waals surface area (Å²) < 4.78 is 54.5. The highest BCUT2D eigenvalue weighted by molar-refractivity contribution is 5.93. The second kappa shape index (κ2) is 8.93. The molecule has 184 valence electrons. The van der Waals surface area contributed by atoms with Crippen molar-refractivity contribution in [3.8, 4) is 22.8 Å². The molecule has 0 aliphatic rings. The van der Waals surface area contributed by atoms with Crippen molar-refractivity contribution >= 4 is 11.6 Å². The third-order valence-corrected chi connectivity index (χ3v) is 5.71. The number of ether oxygens (including phenoxy) is 2. The summed E-state index contributed by atoms with van der Waals surface area (Å²) in [5, 5.41) is 10.9. The number of carbonyl (C=O) groups is 1. The first-order valence-corrected chi connectivity index (χ1v) is 10.5. The molecule has 0 spiro atoms. The zero-order valence-electron chi connectivity index (χ0n) is 19.7. The van der Waals surface area contributed by atoms with Crippen LogP contribution >= 0.6 is 0 Å². The molecule has 1 amide bonds. The number of aryl methyl sites for hydroxylation is 2. The fraction of sp³-hybridized carbons (Fsp3) is 0.304. The van der Waals surface area contributed by atoms with E-state index in [2.05, 4.69) is 20.5 Å². The van der Waals surface area contributed by atoms with Crippen molar-refractivity contribution in [1.29, 1.82) is 0 Å². The molecule has 9 nitrogen and oxygen atoms in total. The van der Waals surface area contributed by atoms with Crippen LogP contribution in [-0.4, -0.2) is 44.5 Å². The lowest BCUT2D eigenvalue weighted by molar-refractivity contribution is -0.142. The molecule has 35 heavy (non-hydrogen) atoms. The van der Waals surface area contributed by atoms with Crippen molar-refractivity contribution < 1.29 is 27.4 Å². The number of rotatable bonds is 6. The van der Waals surface area contributed by atoms with Gasteiger partial charge in [-0.2, -0.15) is 23.4 Å². The molecule has 0 radical (unpaired) electrons. The number of carbonyl (C=O) groups excluding carboxylic acids is 1. The van der Waals surface area contributed by atoms with Gasteiger partial charge >= 0.3 is 6.18 Å². The van der Waals surface area contributed by atoms with Crippen LogP contribution in [0.15, 0.2) is 30.3 Å². The van der Waals surface area contributed by atoms with Gasteiger partial charge in [0.2, 0.25) is 0 Å². The van der Waals surface area contributed by atoms with Gasteiger partial charge in [0.25, 0.3) is 5.91 Å². The Morgan fingerprint density at radius 3 is 2.37 bits per heavy atom. The fourth-order valence-corrected chi connectivity index (χ4v) is 3.76. The van der Waals surface area contributed by atoms with Gasteiger partial charge < -0.3 is 14.8 Å². The van der Waals surface area contributed by atoms with Crippen LogP contribution in [0.1, 0.15) is 33.1 Å². The Morgan fingerprint density at radius 2 is 1.77 bits per heavy atom. The van der Waals surface area contributed by atoms with E-state index in [-0.39, 0.29) is 23.6 Å². The summed E-state index contributed by atoms with van der Waals surface area (Å²) in [5.74, 6) is 0.143. The summed E-state index contributed by atoms with van der Waals surface area (Å²) in [4.78, 5) is 17.0. The number of amides is 1. The molecule has 0 fully saturated rings. The van der Waals surface area contributed by atoms with Crippen molar-refractivity contribution in [3.05, 3.63) is 58.7 Å². The summed E-state index contributed by atoms with van der Waals surface area (Å²) in [6.07, 6.45) is -4.74. The van der Waals surface area contributed by atoms with Crippen molar-refractivity contribution in [3.63, 3.8) is 0 Å². The summed E-state index contributed by atoms with van der Waals surface area (Å²) in [6, 6.07) is 6.78. The summed E-state index contributed by atoms with van der Waals surface area (Å²) in [7, 11) is 4.67. The van der Waals surface area contributed by atoms with Gasteiger partial charge in [0.1, 0.15) is 0 Å². The quantitative estimate of drug-likeness (QED) is 0.445. The minimum Gasteiger partial charge on any atom is -0.493 e. The SMILES string of the molecule is COc1ccc(-c2cc(C(F)(F)F)n3nc(C(=O)NCc4c(C)nn(C)c4C)cc3n2)cc1OC. The van der Waals surface area contributed by atoms with E-state index >= 15 is 0 Å². The Bertz CT molecular complexity index is 1420. The normalized spacial score (nSPS) is 11.7. The van der Waals surface area contributed by atoms with Crippen molar-refractivity contribution in [2.24, 2.45) is 7.05 Å². The molecule has 1 N–H and O–H groups in total. The highest BCUT2D eigenvalue weighted by Crippen LogP contribution is 2.35. The van der Waals surface area contributed by atoms with Crippen molar-refractivity contribution in [1.82, 2.24) is 29.7 Å². The van der Waals surface area contributed by atoms with Gasteiger partial charge in [0.05, 0.1) is 25.6 Å². The molecule has 1 aromatic carbocycles. The van der Waals surface area contributed by atoms with E-state index in [1.165, 1.54) is 26.4 Å². The maximum atomic E-state index is 13.9. The second-order valence-corrected chi connectivity index (χ2v) is 7.85. The zero-order chi connectivity index (χ0) is 25.5. The molecule has 0 saturated heterocycles. The Kier molecular flexibility index (Phi) is 6.14. The van der Waals surface area contributed by atoms with E-state index in [1.54, 1.807) is 23.9 Å². The number of halogens is 3. The lowest BCUT2D eigenvalue weighted by Gasteiger charge is -2.12. The standard InChI is InChI=1S/C23H23F3N6O3/c1-12-15(13(2)31(3)29-12)11-27-22(33)17-10-21-28-16(9-20(23(24,25)26)32(21)30-17)14-6-7-18(34-4)19(8-14)35-5/h6-10H,11H2,1-5H3,(H,27,33). The zero-order valence-corrected chi connectivity index (χ0v) is 19.7. The molecule has 4 rings (SSSR count). The van der Waals surface area contributed by atoms with Crippen LogP contribution in [-0.2, 0) is 19.8 Å². The number of nitrogens with one attached hydrogen (secondary N) is 1. The molecule has 0 unspecified atom stereocenters. The van der Waals surface area contributed by atoms with Crippen LogP contribution in [0.2, 0.25) is 0 Å². The average Bonchev–Trinajstić information content (AvgIpc) is 3.35. The van der Waals surface area contributed by atoms with Crippen molar-refractivity contribution in [2.75, 3.05) is 14.2 Å². The van der Waals surface area contributed by atoms with E-state index in [9.17, 15) is 18.0 Å². The third-order valence-electron chi connectivity index (χ3n) is 5.71. The van der Waals surface area contributed by atoms with Crippen LogP contribution in [0.25, 0.3) is 16.9 Å². The Balaban J connectivity index is 1.72. The number of nitrogens with zero attached hydrogens (tertiary/aromatic N) is 5. The number of alkyl halides is 3. The third kappa shape index (κ3) is 4.51. The minimum absolute atomic E-state index is 0.0410. The lowest BCUT2D eigenvalue weighted by atomic mass is 10.1. The molecule has 3 aromatic heterocycles. The molecule has 12 heteroatoms. The highest BCUT2D eigenvalue weighted by Gasteiger charge is 2.35. The molecule has 4 aromatic rings. The smallest absolute Gasteiger partial charge is 0.433 e. The first-order chi connectivity index (χ1) is 16.5. The first-order valence-electron chi connectivity index (χ1n) is 10.5. The van der Waals surface area contributed by atoms with E-state index in [0.29, 0.717) is 21.6 Å². The number of fused-ring (bicyclic) bond motifs is 1. The van der Waals surface area contributed by atoms with Gasteiger partial charge in [-0.1, -0.05) is 0 Å². The summed E-state index contributed by atoms with van der Waals surface area (Å²) >= 11 is 0. The monoisotopic (exact) mass is 488 g/mol. The maximum Gasteiger partial charge on any atom is 0.433 e. The molecular weight excluding hydrogens is 465 g/mol. The van der Waals surface area contributed by atoms with E-state index in [1.807, 2.05) is 13.8 Å². The summed E-state index contributed by atoms with van der Waals surface area (Å²) in [5.41, 5.74) is 1.50. The van der Waals surface area contributed by atoms with Gasteiger partial charge in [-0.25, -0.2) is 9.50 Å².